The molecule has 5 nitrogen and oxygen atoms in total. The zero-order valence-electron chi connectivity index (χ0n) is 15.0. The van der Waals surface area contributed by atoms with Crippen molar-refractivity contribution in [2.24, 2.45) is 0 Å². The van der Waals surface area contributed by atoms with Crippen LogP contribution in [-0.4, -0.2) is 33.8 Å². The van der Waals surface area contributed by atoms with Gasteiger partial charge in [0.1, 0.15) is 0 Å². The van der Waals surface area contributed by atoms with E-state index in [1.54, 1.807) is 24.3 Å². The van der Waals surface area contributed by atoms with E-state index in [1.807, 2.05) is 6.92 Å². The molecule has 0 aliphatic carbocycles. The van der Waals surface area contributed by atoms with E-state index in [4.69, 9.17) is 4.74 Å². The van der Waals surface area contributed by atoms with Gasteiger partial charge in [-0.1, -0.05) is 51.7 Å². The minimum absolute atomic E-state index is 0.0888. The Morgan fingerprint density at radius 1 is 1.04 bits per heavy atom. The van der Waals surface area contributed by atoms with Crippen LogP contribution in [0, 0.1) is 0 Å². The Balaban J connectivity index is 2.82. The number of ether oxygens (including phenoxy) is 1. The van der Waals surface area contributed by atoms with Crippen LogP contribution in [0.5, 0.6) is 0 Å². The summed E-state index contributed by atoms with van der Waals surface area (Å²) in [7, 11) is -1.96. The maximum atomic E-state index is 12.5. The van der Waals surface area contributed by atoms with Crippen molar-refractivity contribution in [3.63, 3.8) is 0 Å². The summed E-state index contributed by atoms with van der Waals surface area (Å²) in [5.41, 5.74) is 0.648. The lowest BCUT2D eigenvalue weighted by Crippen LogP contribution is -2.30. The van der Waals surface area contributed by atoms with Crippen LogP contribution in [0.4, 0.5) is 5.69 Å². The third-order valence-corrected chi connectivity index (χ3v) is 5.66. The molecular weight excluding hydrogens is 326 g/mol. The number of anilines is 1. The molecule has 136 valence electrons. The third kappa shape index (κ3) is 6.15. The molecule has 0 saturated heterocycles. The molecule has 1 aromatic rings. The van der Waals surface area contributed by atoms with E-state index in [0.29, 0.717) is 18.7 Å². The summed E-state index contributed by atoms with van der Waals surface area (Å²) >= 11 is 0. The lowest BCUT2D eigenvalue weighted by molar-refractivity contribution is 0.0506. The number of hydrogen-bond acceptors (Lipinski definition) is 4. The van der Waals surface area contributed by atoms with E-state index < -0.39 is 16.0 Å². The summed E-state index contributed by atoms with van der Waals surface area (Å²) in [6.45, 7) is 4.36. The molecule has 0 saturated carbocycles. The lowest BCUT2D eigenvalue weighted by atomic mass is 10.2. The predicted molar refractivity (Wildman–Crippen MR) is 98.0 cm³/mol. The molecule has 0 atom stereocenters. The number of carbonyl (C=O) groups is 1. The molecule has 0 aromatic heterocycles. The van der Waals surface area contributed by atoms with Gasteiger partial charge >= 0.3 is 5.97 Å². The van der Waals surface area contributed by atoms with Gasteiger partial charge in [-0.3, -0.25) is 4.31 Å². The number of unbranched alkanes of at least 4 members (excludes halogenated alkanes) is 4. The molecule has 0 N–H and O–H groups in total. The number of para-hydroxylation sites is 1. The molecule has 24 heavy (non-hydrogen) atoms. The second-order valence-corrected chi connectivity index (χ2v) is 7.97. The van der Waals surface area contributed by atoms with Crippen LogP contribution < -0.4 is 4.31 Å². The number of carbonyl (C=O) groups excluding carboxylic acids is 1. The zero-order valence-corrected chi connectivity index (χ0v) is 15.8. The summed E-state index contributed by atoms with van der Waals surface area (Å²) in [6.07, 6.45) is 5.56. The minimum atomic E-state index is -3.45. The molecule has 0 amide bonds. The lowest BCUT2D eigenvalue weighted by Gasteiger charge is -2.21. The molecule has 0 heterocycles. The molecule has 0 bridgehead atoms. The Kier molecular flexibility index (Phi) is 8.82. The highest BCUT2D eigenvalue weighted by Gasteiger charge is 2.23. The molecule has 1 rings (SSSR count). The first-order chi connectivity index (χ1) is 11.4. The van der Waals surface area contributed by atoms with E-state index in [1.165, 1.54) is 11.4 Å². The van der Waals surface area contributed by atoms with E-state index >= 15 is 0 Å². The predicted octanol–water partition coefficient (Wildman–Crippen LogP) is 3.99. The number of rotatable bonds is 11. The summed E-state index contributed by atoms with van der Waals surface area (Å²) in [6, 6.07) is 6.66. The van der Waals surface area contributed by atoms with Crippen molar-refractivity contribution in [2.75, 3.05) is 23.7 Å². The smallest absolute Gasteiger partial charge is 0.340 e. The number of benzene rings is 1. The first kappa shape index (κ1) is 20.5. The summed E-state index contributed by atoms with van der Waals surface area (Å²) in [5.74, 6) is -0.400. The second kappa shape index (κ2) is 10.3. The Labute approximate surface area is 146 Å². The summed E-state index contributed by atoms with van der Waals surface area (Å²) < 4.78 is 31.4. The fourth-order valence-corrected chi connectivity index (χ4v) is 3.67. The number of hydrogen-bond donors (Lipinski definition) is 0. The molecule has 0 spiro atoms. The number of sulfonamides is 1. The van der Waals surface area contributed by atoms with Gasteiger partial charge in [0.25, 0.3) is 0 Å². The first-order valence-electron chi connectivity index (χ1n) is 8.66. The van der Waals surface area contributed by atoms with Crippen LogP contribution in [0.1, 0.15) is 62.7 Å². The summed E-state index contributed by atoms with van der Waals surface area (Å²) in [4.78, 5) is 12.1. The normalized spacial score (nSPS) is 11.3. The average Bonchev–Trinajstić information content (AvgIpc) is 2.58. The average molecular weight is 356 g/mol. The van der Waals surface area contributed by atoms with E-state index in [9.17, 15) is 13.2 Å². The van der Waals surface area contributed by atoms with Crippen molar-refractivity contribution in [3.8, 4) is 0 Å². The minimum Gasteiger partial charge on any atom is -0.462 e. The van der Waals surface area contributed by atoms with Gasteiger partial charge in [-0.15, -0.1) is 0 Å². The monoisotopic (exact) mass is 355 g/mol. The van der Waals surface area contributed by atoms with Crippen molar-refractivity contribution < 1.29 is 17.9 Å². The third-order valence-electron chi connectivity index (χ3n) is 3.82. The molecule has 6 heteroatoms. The quantitative estimate of drug-likeness (QED) is 0.445. The Hall–Kier alpha value is -1.56. The van der Waals surface area contributed by atoms with Gasteiger partial charge < -0.3 is 4.74 Å². The maximum Gasteiger partial charge on any atom is 0.340 e. The molecule has 0 aliphatic heterocycles. The van der Waals surface area contributed by atoms with Crippen molar-refractivity contribution in [1.29, 1.82) is 0 Å². The summed E-state index contributed by atoms with van der Waals surface area (Å²) in [5, 5.41) is 0. The van der Waals surface area contributed by atoms with Crippen LogP contribution in [0.25, 0.3) is 0 Å². The second-order valence-electron chi connectivity index (χ2n) is 5.85. The SMILES string of the molecule is CCCCCCCS(=O)(=O)N(C)c1ccccc1C(=O)OCCC. The zero-order chi connectivity index (χ0) is 18.0. The van der Waals surface area contributed by atoms with Crippen LogP contribution in [0.3, 0.4) is 0 Å². The fraction of sp³-hybridized carbons (Fsp3) is 0.611. The van der Waals surface area contributed by atoms with Gasteiger partial charge in [0.05, 0.1) is 23.6 Å². The highest BCUT2D eigenvalue weighted by Crippen LogP contribution is 2.23. The van der Waals surface area contributed by atoms with Gasteiger partial charge in [0.2, 0.25) is 10.0 Å². The van der Waals surface area contributed by atoms with Crippen molar-refractivity contribution >= 4 is 21.7 Å². The number of nitrogens with zero attached hydrogens (tertiary/aromatic N) is 1. The standard InChI is InChI=1S/C18H29NO4S/c1-4-6-7-8-11-15-24(21,22)19(3)17-13-10-9-12-16(17)18(20)23-14-5-2/h9-10,12-13H,4-8,11,14-15H2,1-3H3. The Morgan fingerprint density at radius 2 is 1.71 bits per heavy atom. The van der Waals surface area contributed by atoms with E-state index in [2.05, 4.69) is 6.92 Å². The molecule has 0 fully saturated rings. The number of esters is 1. The van der Waals surface area contributed by atoms with Gasteiger partial charge in [-0.25, -0.2) is 13.2 Å². The van der Waals surface area contributed by atoms with Crippen LogP contribution >= 0.6 is 0 Å². The molecule has 1 aromatic carbocycles. The molecule has 0 radical (unpaired) electrons. The van der Waals surface area contributed by atoms with E-state index in [-0.39, 0.29) is 11.3 Å². The topological polar surface area (TPSA) is 63.7 Å². The molecule has 0 unspecified atom stereocenters. The van der Waals surface area contributed by atoms with E-state index in [0.717, 1.165) is 32.1 Å². The van der Waals surface area contributed by atoms with Crippen molar-refractivity contribution in [3.05, 3.63) is 29.8 Å². The highest BCUT2D eigenvalue weighted by atomic mass is 32.2. The largest absolute Gasteiger partial charge is 0.462 e. The van der Waals surface area contributed by atoms with Crippen LogP contribution in [-0.2, 0) is 14.8 Å². The Bertz CT molecular complexity index is 613. The van der Waals surface area contributed by atoms with Crippen molar-refractivity contribution in [1.82, 2.24) is 0 Å². The van der Waals surface area contributed by atoms with Crippen LogP contribution in [0.2, 0.25) is 0 Å². The molecule has 0 aliphatic rings. The van der Waals surface area contributed by atoms with Gasteiger partial charge in [0, 0.05) is 7.05 Å². The fourth-order valence-electron chi connectivity index (χ4n) is 2.37. The van der Waals surface area contributed by atoms with Crippen LogP contribution in [0.15, 0.2) is 24.3 Å². The van der Waals surface area contributed by atoms with Gasteiger partial charge in [-0.05, 0) is 25.0 Å². The van der Waals surface area contributed by atoms with Gasteiger partial charge in [0.15, 0.2) is 0 Å². The first-order valence-corrected chi connectivity index (χ1v) is 10.3. The maximum absolute atomic E-state index is 12.5. The molecular formula is C18H29NO4S. The van der Waals surface area contributed by atoms with Gasteiger partial charge in [-0.2, -0.15) is 0 Å². The van der Waals surface area contributed by atoms with Crippen molar-refractivity contribution in [2.45, 2.75) is 52.4 Å². The highest BCUT2D eigenvalue weighted by molar-refractivity contribution is 7.92. The Morgan fingerprint density at radius 3 is 2.38 bits per heavy atom.